The minimum absolute atomic E-state index is 0.00948. The molecule has 11 heteroatoms. The molecule has 0 bridgehead atoms. The van der Waals surface area contributed by atoms with Gasteiger partial charge in [-0.25, -0.2) is 9.97 Å². The Labute approximate surface area is 175 Å². The van der Waals surface area contributed by atoms with E-state index in [1.165, 1.54) is 24.3 Å². The van der Waals surface area contributed by atoms with Crippen molar-refractivity contribution in [3.8, 4) is 0 Å². The number of thioether (sulfide) groups is 1. The van der Waals surface area contributed by atoms with Crippen molar-refractivity contribution in [2.45, 2.75) is 12.1 Å². The number of amides is 2. The number of nitrogens with one attached hydrogen (secondary N) is 3. The van der Waals surface area contributed by atoms with Gasteiger partial charge in [0.2, 0.25) is 5.91 Å². The molecule has 3 N–H and O–H groups in total. The fourth-order valence-corrected chi connectivity index (χ4v) is 3.17. The maximum Gasteiger partial charge on any atom is 0.269 e. The zero-order chi connectivity index (χ0) is 21.5. The number of hydrogen-bond acceptors (Lipinski definition) is 8. The number of anilines is 1. The molecule has 10 nitrogen and oxygen atoms in total. The monoisotopic (exact) mass is 426 g/mol. The summed E-state index contributed by atoms with van der Waals surface area (Å²) in [6, 6.07) is 12.6. The second kappa shape index (κ2) is 9.65. The Morgan fingerprint density at radius 1 is 1.07 bits per heavy atom. The lowest BCUT2D eigenvalue weighted by Crippen LogP contribution is -2.42. The van der Waals surface area contributed by atoms with Crippen molar-refractivity contribution in [2.75, 3.05) is 17.6 Å². The molecule has 154 valence electrons. The van der Waals surface area contributed by atoms with Gasteiger partial charge < -0.3 is 5.32 Å². The molecule has 0 unspecified atom stereocenters. The number of carbonyl (C=O) groups is 2. The van der Waals surface area contributed by atoms with Crippen LogP contribution in [0.25, 0.3) is 10.9 Å². The Morgan fingerprint density at radius 3 is 2.50 bits per heavy atom. The summed E-state index contributed by atoms with van der Waals surface area (Å²) in [5.74, 6) is -0.348. The van der Waals surface area contributed by atoms with Gasteiger partial charge in [0, 0.05) is 29.6 Å². The lowest BCUT2D eigenvalue weighted by atomic mass is 10.2. The number of fused-ring (bicyclic) bond motifs is 1. The van der Waals surface area contributed by atoms with Crippen LogP contribution in [0, 0.1) is 10.1 Å². The first kappa shape index (κ1) is 21.0. The van der Waals surface area contributed by atoms with Gasteiger partial charge in [0.25, 0.3) is 11.6 Å². The van der Waals surface area contributed by atoms with Crippen molar-refractivity contribution in [3.05, 3.63) is 64.2 Å². The highest BCUT2D eigenvalue weighted by Gasteiger charge is 2.12. The number of para-hydroxylation sites is 1. The fraction of sp³-hybridized carbons (Fsp3) is 0.158. The first-order valence-electron chi connectivity index (χ1n) is 8.95. The lowest BCUT2D eigenvalue weighted by molar-refractivity contribution is -0.384. The van der Waals surface area contributed by atoms with E-state index in [9.17, 15) is 19.7 Å². The van der Waals surface area contributed by atoms with Gasteiger partial charge in [-0.15, -0.1) is 0 Å². The van der Waals surface area contributed by atoms with Crippen molar-refractivity contribution in [3.63, 3.8) is 0 Å². The Kier molecular flexibility index (Phi) is 6.75. The quantitative estimate of drug-likeness (QED) is 0.227. The van der Waals surface area contributed by atoms with E-state index in [4.69, 9.17) is 0 Å². The molecule has 0 aliphatic rings. The maximum atomic E-state index is 12.1. The summed E-state index contributed by atoms with van der Waals surface area (Å²) in [7, 11) is 0. The van der Waals surface area contributed by atoms with E-state index in [2.05, 4.69) is 26.1 Å². The Hall–Kier alpha value is -3.73. The molecule has 0 aliphatic heterocycles. The maximum absolute atomic E-state index is 12.1. The third-order valence-corrected chi connectivity index (χ3v) is 4.76. The number of hydrazine groups is 1. The summed E-state index contributed by atoms with van der Waals surface area (Å²) >= 11 is 1.14. The predicted molar refractivity (Wildman–Crippen MR) is 113 cm³/mol. The van der Waals surface area contributed by atoms with Crippen molar-refractivity contribution in [1.82, 2.24) is 20.8 Å². The van der Waals surface area contributed by atoms with Gasteiger partial charge in [0.15, 0.2) is 5.16 Å². The molecule has 0 radical (unpaired) electrons. The lowest BCUT2D eigenvalue weighted by Gasteiger charge is -2.10. The van der Waals surface area contributed by atoms with Crippen LogP contribution in [0.4, 0.5) is 11.5 Å². The van der Waals surface area contributed by atoms with Crippen molar-refractivity contribution in [1.29, 1.82) is 0 Å². The van der Waals surface area contributed by atoms with Gasteiger partial charge in [0.1, 0.15) is 5.82 Å². The van der Waals surface area contributed by atoms with E-state index in [-0.39, 0.29) is 17.0 Å². The van der Waals surface area contributed by atoms with Crippen LogP contribution in [0.5, 0.6) is 0 Å². The van der Waals surface area contributed by atoms with Crippen LogP contribution in [0.15, 0.2) is 53.7 Å². The highest BCUT2D eigenvalue weighted by atomic mass is 32.2. The van der Waals surface area contributed by atoms with Crippen LogP contribution in [-0.2, 0) is 4.79 Å². The summed E-state index contributed by atoms with van der Waals surface area (Å²) in [6.45, 7) is 2.66. The Morgan fingerprint density at radius 2 is 1.80 bits per heavy atom. The zero-order valence-electron chi connectivity index (χ0n) is 15.9. The van der Waals surface area contributed by atoms with Gasteiger partial charge in [-0.3, -0.25) is 30.6 Å². The van der Waals surface area contributed by atoms with Gasteiger partial charge in [-0.2, -0.15) is 0 Å². The number of non-ortho nitro benzene ring substituents is 1. The summed E-state index contributed by atoms with van der Waals surface area (Å²) in [5.41, 5.74) is 5.39. The minimum Gasteiger partial charge on any atom is -0.370 e. The van der Waals surface area contributed by atoms with Crippen LogP contribution in [0.3, 0.4) is 0 Å². The van der Waals surface area contributed by atoms with Gasteiger partial charge in [0.05, 0.1) is 16.2 Å². The average Bonchev–Trinajstić information content (AvgIpc) is 2.76. The molecule has 0 spiro atoms. The molecule has 1 aromatic heterocycles. The smallest absolute Gasteiger partial charge is 0.269 e. The van der Waals surface area contributed by atoms with E-state index in [0.717, 1.165) is 22.7 Å². The molecule has 2 amide bonds. The van der Waals surface area contributed by atoms with Crippen LogP contribution < -0.4 is 16.2 Å². The van der Waals surface area contributed by atoms with Crippen LogP contribution in [-0.4, -0.2) is 39.0 Å². The molecule has 0 atom stereocenters. The molecule has 3 aromatic rings. The van der Waals surface area contributed by atoms with Gasteiger partial charge in [-0.1, -0.05) is 23.9 Å². The summed E-state index contributed by atoms with van der Waals surface area (Å²) in [6.07, 6.45) is 0. The van der Waals surface area contributed by atoms with Crippen molar-refractivity contribution >= 4 is 46.0 Å². The number of benzene rings is 2. The number of carbonyl (C=O) groups excluding carboxylic acids is 2. The zero-order valence-corrected chi connectivity index (χ0v) is 16.7. The van der Waals surface area contributed by atoms with Crippen molar-refractivity contribution < 1.29 is 14.5 Å². The number of nitrogens with zero attached hydrogens (tertiary/aromatic N) is 3. The van der Waals surface area contributed by atoms with E-state index >= 15 is 0 Å². The SMILES string of the molecule is CCNc1nc(SCC(=O)NNC(=O)c2ccc([N+](=O)[O-])cc2)nc2ccccc12. The molecule has 30 heavy (non-hydrogen) atoms. The van der Waals surface area contributed by atoms with Gasteiger partial charge in [-0.05, 0) is 31.2 Å². The topological polar surface area (TPSA) is 139 Å². The Balaban J connectivity index is 1.56. The standard InChI is InChI=1S/C19H18N6O4S/c1-2-20-17-14-5-3-4-6-15(14)21-19(22-17)30-11-16(26)23-24-18(27)12-7-9-13(10-8-12)25(28)29/h3-10H,2,11H2,1H3,(H,23,26)(H,24,27)(H,20,21,22). The van der Waals surface area contributed by atoms with E-state index in [1.54, 1.807) is 0 Å². The molecule has 1 heterocycles. The second-order valence-electron chi connectivity index (χ2n) is 6.00. The first-order valence-corrected chi connectivity index (χ1v) is 9.93. The Bertz CT molecular complexity index is 1090. The van der Waals surface area contributed by atoms with Crippen LogP contribution in [0.2, 0.25) is 0 Å². The third kappa shape index (κ3) is 5.20. The number of rotatable bonds is 7. The molecule has 2 aromatic carbocycles. The molecular weight excluding hydrogens is 408 g/mol. The molecule has 0 aliphatic carbocycles. The predicted octanol–water partition coefficient (Wildman–Crippen LogP) is 2.52. The highest BCUT2D eigenvalue weighted by Crippen LogP contribution is 2.24. The molecular formula is C19H18N6O4S. The normalized spacial score (nSPS) is 10.4. The number of nitro benzene ring substituents is 1. The summed E-state index contributed by atoms with van der Waals surface area (Å²) < 4.78 is 0. The number of aromatic nitrogens is 2. The summed E-state index contributed by atoms with van der Waals surface area (Å²) in [4.78, 5) is 43.1. The number of nitro groups is 1. The second-order valence-corrected chi connectivity index (χ2v) is 6.94. The van der Waals surface area contributed by atoms with E-state index < -0.39 is 16.7 Å². The molecule has 0 saturated heterocycles. The number of hydrogen-bond donors (Lipinski definition) is 3. The van der Waals surface area contributed by atoms with Crippen LogP contribution >= 0.6 is 11.8 Å². The molecule has 0 saturated carbocycles. The van der Waals surface area contributed by atoms with E-state index in [0.29, 0.717) is 17.5 Å². The van der Waals surface area contributed by atoms with Crippen molar-refractivity contribution in [2.24, 2.45) is 0 Å². The third-order valence-electron chi connectivity index (χ3n) is 3.92. The first-order chi connectivity index (χ1) is 14.5. The van der Waals surface area contributed by atoms with E-state index in [1.807, 2.05) is 31.2 Å². The van der Waals surface area contributed by atoms with Crippen LogP contribution in [0.1, 0.15) is 17.3 Å². The van der Waals surface area contributed by atoms with Gasteiger partial charge >= 0.3 is 0 Å². The fourth-order valence-electron chi connectivity index (χ4n) is 2.52. The molecule has 3 rings (SSSR count). The molecule has 0 fully saturated rings. The minimum atomic E-state index is -0.584. The largest absolute Gasteiger partial charge is 0.370 e. The highest BCUT2D eigenvalue weighted by molar-refractivity contribution is 7.99. The average molecular weight is 426 g/mol. The summed E-state index contributed by atoms with van der Waals surface area (Å²) in [5, 5.41) is 15.2.